The third-order valence-electron chi connectivity index (χ3n) is 14.2. The number of nitrogens with one attached hydrogen (secondary N) is 1. The van der Waals surface area contributed by atoms with Crippen LogP contribution in [-0.4, -0.2) is 140 Å². The van der Waals surface area contributed by atoms with Gasteiger partial charge in [-0.05, 0) is 38.5 Å². The fourth-order valence-corrected chi connectivity index (χ4v) is 9.59. The Hall–Kier alpha value is -1.27. The molecule has 0 bridgehead atoms. The van der Waals surface area contributed by atoms with E-state index in [0.717, 1.165) is 51.4 Å². The molecular formula is C55H105NO13. The number of aliphatic hydroxyl groups excluding tert-OH is 8. The Kier molecular flexibility index (Phi) is 39.0. The molecule has 2 fully saturated rings. The molecule has 14 nitrogen and oxygen atoms in total. The highest BCUT2D eigenvalue weighted by Gasteiger charge is 2.51. The van der Waals surface area contributed by atoms with E-state index in [1.54, 1.807) is 0 Å². The van der Waals surface area contributed by atoms with Crippen molar-refractivity contribution in [1.82, 2.24) is 5.32 Å². The van der Waals surface area contributed by atoms with Gasteiger partial charge in [-0.25, -0.2) is 0 Å². The Morgan fingerprint density at radius 1 is 0.507 bits per heavy atom. The molecular weight excluding hydrogens is 883 g/mol. The SMILES string of the molecule is CCCCCCCCCC/C=C\CCCCCCCCCCCCCCCC(=O)NC(COC1OC(CO)C(OC2OC(CO)C(O)C(O)C2O)C(O)C1O)C(O)CCCCCCCCCCCC. The fraction of sp³-hybridized carbons (Fsp3) is 0.945. The van der Waals surface area contributed by atoms with Gasteiger partial charge >= 0.3 is 0 Å². The van der Waals surface area contributed by atoms with Gasteiger partial charge in [-0.3, -0.25) is 4.79 Å². The summed E-state index contributed by atoms with van der Waals surface area (Å²) in [5.74, 6) is -0.206. The van der Waals surface area contributed by atoms with Crippen LogP contribution in [0.4, 0.5) is 0 Å². The first-order valence-electron chi connectivity index (χ1n) is 28.4. The molecule has 0 spiro atoms. The predicted octanol–water partition coefficient (Wildman–Crippen LogP) is 8.72. The molecule has 2 heterocycles. The number of amides is 1. The van der Waals surface area contributed by atoms with Gasteiger partial charge in [0.15, 0.2) is 12.6 Å². The second kappa shape index (κ2) is 42.1. The van der Waals surface area contributed by atoms with E-state index in [1.807, 2.05) is 0 Å². The van der Waals surface area contributed by atoms with Crippen molar-refractivity contribution in [3.63, 3.8) is 0 Å². The Labute approximate surface area is 418 Å². The van der Waals surface area contributed by atoms with Gasteiger partial charge in [0.1, 0.15) is 48.8 Å². The predicted molar refractivity (Wildman–Crippen MR) is 272 cm³/mol. The largest absolute Gasteiger partial charge is 0.394 e. The summed E-state index contributed by atoms with van der Waals surface area (Å²) >= 11 is 0. The number of aliphatic hydroxyl groups is 8. The highest BCUT2D eigenvalue weighted by atomic mass is 16.7. The van der Waals surface area contributed by atoms with E-state index in [2.05, 4.69) is 31.3 Å². The van der Waals surface area contributed by atoms with Gasteiger partial charge < -0.3 is 65.1 Å². The summed E-state index contributed by atoms with van der Waals surface area (Å²) in [5, 5.41) is 86.9. The summed E-state index contributed by atoms with van der Waals surface area (Å²) in [6.45, 7) is 2.85. The second-order valence-corrected chi connectivity index (χ2v) is 20.4. The molecule has 1 amide bonds. The van der Waals surface area contributed by atoms with Crippen LogP contribution in [0, 0.1) is 0 Å². The minimum Gasteiger partial charge on any atom is -0.394 e. The van der Waals surface area contributed by atoms with Crippen LogP contribution in [-0.2, 0) is 23.7 Å². The number of carbonyl (C=O) groups excluding carboxylic acids is 1. The zero-order chi connectivity index (χ0) is 50.3. The summed E-state index contributed by atoms with van der Waals surface area (Å²) in [4.78, 5) is 13.2. The number of unbranched alkanes of at least 4 members (excludes halogenated alkanes) is 30. The maximum Gasteiger partial charge on any atom is 0.220 e. The summed E-state index contributed by atoms with van der Waals surface area (Å²) < 4.78 is 22.8. The molecule has 9 N–H and O–H groups in total. The van der Waals surface area contributed by atoms with Crippen molar-refractivity contribution in [3.05, 3.63) is 12.2 Å². The number of rotatable bonds is 45. The summed E-state index contributed by atoms with van der Waals surface area (Å²) in [6, 6.07) is -0.823. The topological polar surface area (TPSA) is 228 Å². The fourth-order valence-electron chi connectivity index (χ4n) is 9.59. The number of hydrogen-bond acceptors (Lipinski definition) is 13. The molecule has 0 aromatic heterocycles. The van der Waals surface area contributed by atoms with Crippen molar-refractivity contribution in [2.24, 2.45) is 0 Å². The van der Waals surface area contributed by atoms with E-state index in [9.17, 15) is 45.6 Å². The van der Waals surface area contributed by atoms with E-state index in [4.69, 9.17) is 18.9 Å². The van der Waals surface area contributed by atoms with Crippen LogP contribution in [0.3, 0.4) is 0 Å². The highest BCUT2D eigenvalue weighted by Crippen LogP contribution is 2.30. The highest BCUT2D eigenvalue weighted by molar-refractivity contribution is 5.76. The minimum atomic E-state index is -1.78. The Morgan fingerprint density at radius 2 is 0.913 bits per heavy atom. The van der Waals surface area contributed by atoms with E-state index < -0.39 is 86.8 Å². The Bertz CT molecular complexity index is 1210. The van der Waals surface area contributed by atoms with Crippen molar-refractivity contribution in [2.45, 2.75) is 312 Å². The molecule has 0 radical (unpaired) electrons. The molecule has 0 aromatic rings. The van der Waals surface area contributed by atoms with Crippen molar-refractivity contribution in [2.75, 3.05) is 19.8 Å². The van der Waals surface area contributed by atoms with Gasteiger partial charge in [0.05, 0.1) is 32.0 Å². The lowest BCUT2D eigenvalue weighted by molar-refractivity contribution is -0.359. The quantitative estimate of drug-likeness (QED) is 0.0206. The molecule has 2 aliphatic rings. The van der Waals surface area contributed by atoms with Gasteiger partial charge in [0.2, 0.25) is 5.91 Å². The first-order valence-corrected chi connectivity index (χ1v) is 28.4. The average molecular weight is 988 g/mol. The first-order chi connectivity index (χ1) is 33.6. The molecule has 0 aromatic carbocycles. The van der Waals surface area contributed by atoms with Gasteiger partial charge in [-0.15, -0.1) is 0 Å². The lowest BCUT2D eigenvalue weighted by Crippen LogP contribution is -2.65. The number of carbonyl (C=O) groups is 1. The van der Waals surface area contributed by atoms with Gasteiger partial charge in [-0.2, -0.15) is 0 Å². The summed E-state index contributed by atoms with van der Waals surface area (Å²) in [6.07, 6.45) is 29.5. The number of allylic oxidation sites excluding steroid dienone is 2. The average Bonchev–Trinajstić information content (AvgIpc) is 3.35. The molecule has 2 rings (SSSR count). The van der Waals surface area contributed by atoms with Crippen LogP contribution < -0.4 is 5.32 Å². The van der Waals surface area contributed by atoms with Crippen molar-refractivity contribution in [3.8, 4) is 0 Å². The standard InChI is InChI=1S/C55H105NO13/c1-3-5-7-9-11-13-15-16-17-18-19-20-21-22-23-24-25-26-27-28-29-31-33-35-37-39-47(60)56-43(44(59)38-36-34-32-30-14-12-10-8-6-4-2)42-66-54-52(65)50(63)53(46(41-58)68-54)69-55-51(64)49(62)48(61)45(40-57)67-55/h18-19,43-46,48-55,57-59,61-65H,3-17,20-42H2,1-2H3,(H,56,60)/b19-18-. The third-order valence-corrected chi connectivity index (χ3v) is 14.2. The molecule has 12 atom stereocenters. The lowest BCUT2D eigenvalue weighted by atomic mass is 9.97. The molecule has 69 heavy (non-hydrogen) atoms. The summed E-state index contributed by atoms with van der Waals surface area (Å²) in [5.41, 5.74) is 0. The molecule has 2 saturated heterocycles. The second-order valence-electron chi connectivity index (χ2n) is 20.4. The van der Waals surface area contributed by atoms with Gasteiger partial charge in [0, 0.05) is 6.42 Å². The monoisotopic (exact) mass is 988 g/mol. The molecule has 0 saturated carbocycles. The minimum absolute atomic E-state index is 0.206. The zero-order valence-electron chi connectivity index (χ0n) is 43.6. The molecule has 0 aliphatic carbocycles. The molecule has 14 heteroatoms. The number of ether oxygens (including phenoxy) is 4. The molecule has 12 unspecified atom stereocenters. The van der Waals surface area contributed by atoms with Gasteiger partial charge in [-0.1, -0.05) is 206 Å². The van der Waals surface area contributed by atoms with Crippen molar-refractivity contribution >= 4 is 5.91 Å². The van der Waals surface area contributed by atoms with Crippen LogP contribution >= 0.6 is 0 Å². The van der Waals surface area contributed by atoms with Crippen LogP contribution in [0.1, 0.15) is 239 Å². The van der Waals surface area contributed by atoms with Crippen LogP contribution in [0.5, 0.6) is 0 Å². The number of hydrogen-bond donors (Lipinski definition) is 9. The molecule has 2 aliphatic heterocycles. The van der Waals surface area contributed by atoms with E-state index in [1.165, 1.54) is 161 Å². The van der Waals surface area contributed by atoms with Crippen LogP contribution in [0.2, 0.25) is 0 Å². The lowest BCUT2D eigenvalue weighted by Gasteiger charge is -2.46. The van der Waals surface area contributed by atoms with E-state index in [0.29, 0.717) is 12.8 Å². The van der Waals surface area contributed by atoms with Gasteiger partial charge in [0.25, 0.3) is 0 Å². The molecule has 408 valence electrons. The Morgan fingerprint density at radius 3 is 1.38 bits per heavy atom. The first kappa shape index (κ1) is 63.8. The smallest absolute Gasteiger partial charge is 0.220 e. The third kappa shape index (κ3) is 28.7. The zero-order valence-corrected chi connectivity index (χ0v) is 43.6. The summed E-state index contributed by atoms with van der Waals surface area (Å²) in [7, 11) is 0. The van der Waals surface area contributed by atoms with Crippen molar-refractivity contribution in [1.29, 1.82) is 0 Å². The van der Waals surface area contributed by atoms with E-state index in [-0.39, 0.29) is 12.5 Å². The van der Waals surface area contributed by atoms with Crippen LogP contribution in [0.25, 0.3) is 0 Å². The normalized spacial score (nSPS) is 26.2. The maximum absolute atomic E-state index is 13.2. The van der Waals surface area contributed by atoms with Crippen molar-refractivity contribution < 1.29 is 64.6 Å². The Balaban J connectivity index is 1.69. The van der Waals surface area contributed by atoms with E-state index >= 15 is 0 Å². The maximum atomic E-state index is 13.2. The van der Waals surface area contributed by atoms with Crippen LogP contribution in [0.15, 0.2) is 12.2 Å².